The van der Waals surface area contributed by atoms with E-state index in [1.54, 1.807) is 18.2 Å². The van der Waals surface area contributed by atoms with Crippen LogP contribution in [-0.4, -0.2) is 16.1 Å². The standard InChI is InChI=1S/C19H13ClF2N2O2/c20-12-8-14(10-1-4-13(25)5-2-10)18(15(9-12)19(23)24-26)11-3-6-16(21)17(22)7-11/h1-9,25-26H,(H2,23,24). The van der Waals surface area contributed by atoms with Crippen molar-refractivity contribution in [1.82, 2.24) is 0 Å². The summed E-state index contributed by atoms with van der Waals surface area (Å²) in [4.78, 5) is 0. The van der Waals surface area contributed by atoms with E-state index in [0.717, 1.165) is 12.1 Å². The summed E-state index contributed by atoms with van der Waals surface area (Å²) < 4.78 is 27.2. The van der Waals surface area contributed by atoms with Gasteiger partial charge in [0.25, 0.3) is 0 Å². The molecule has 3 aromatic carbocycles. The fraction of sp³-hybridized carbons (Fsp3) is 0. The van der Waals surface area contributed by atoms with Gasteiger partial charge in [0.05, 0.1) is 0 Å². The van der Waals surface area contributed by atoms with Crippen molar-refractivity contribution in [2.24, 2.45) is 10.9 Å². The minimum absolute atomic E-state index is 0.0711. The number of hydrogen-bond acceptors (Lipinski definition) is 3. The van der Waals surface area contributed by atoms with E-state index < -0.39 is 11.6 Å². The van der Waals surface area contributed by atoms with Gasteiger partial charge in [0, 0.05) is 16.1 Å². The Balaban J connectivity index is 2.37. The smallest absolute Gasteiger partial charge is 0.170 e. The number of aromatic hydroxyl groups is 1. The number of hydrogen-bond donors (Lipinski definition) is 3. The minimum atomic E-state index is -1.03. The Morgan fingerprint density at radius 3 is 2.19 bits per heavy atom. The summed E-state index contributed by atoms with van der Waals surface area (Å²) in [5, 5.41) is 21.9. The molecule has 0 aliphatic rings. The van der Waals surface area contributed by atoms with Gasteiger partial charge in [-0.25, -0.2) is 8.78 Å². The van der Waals surface area contributed by atoms with Crippen LogP contribution < -0.4 is 5.73 Å². The number of phenolic OH excluding ortho intramolecular Hbond substituents is 1. The molecular formula is C19H13ClF2N2O2. The zero-order valence-electron chi connectivity index (χ0n) is 13.2. The summed E-state index contributed by atoms with van der Waals surface area (Å²) in [6.45, 7) is 0. The second-order valence-electron chi connectivity index (χ2n) is 5.54. The largest absolute Gasteiger partial charge is 0.508 e. The molecule has 0 aliphatic heterocycles. The second-order valence-corrected chi connectivity index (χ2v) is 5.97. The van der Waals surface area contributed by atoms with Crippen molar-refractivity contribution in [3.05, 3.63) is 76.8 Å². The second kappa shape index (κ2) is 7.01. The Bertz CT molecular complexity index is 1010. The lowest BCUT2D eigenvalue weighted by molar-refractivity contribution is 0.318. The highest BCUT2D eigenvalue weighted by Gasteiger charge is 2.18. The lowest BCUT2D eigenvalue weighted by Gasteiger charge is -2.16. The van der Waals surface area contributed by atoms with Gasteiger partial charge in [-0.15, -0.1) is 0 Å². The van der Waals surface area contributed by atoms with Crippen LogP contribution in [0.15, 0.2) is 59.8 Å². The van der Waals surface area contributed by atoms with Gasteiger partial charge in [-0.3, -0.25) is 0 Å². The molecule has 0 saturated carbocycles. The molecule has 0 spiro atoms. The van der Waals surface area contributed by atoms with Crippen LogP contribution in [0.25, 0.3) is 22.3 Å². The van der Waals surface area contributed by atoms with E-state index in [2.05, 4.69) is 5.16 Å². The van der Waals surface area contributed by atoms with Crippen LogP contribution in [0.2, 0.25) is 5.02 Å². The van der Waals surface area contributed by atoms with Gasteiger partial charge in [-0.2, -0.15) is 0 Å². The van der Waals surface area contributed by atoms with Crippen LogP contribution >= 0.6 is 11.6 Å². The SMILES string of the molecule is N/C(=N\O)c1cc(Cl)cc(-c2ccc(O)cc2)c1-c1ccc(F)c(F)c1. The Labute approximate surface area is 152 Å². The summed E-state index contributed by atoms with van der Waals surface area (Å²) in [6.07, 6.45) is 0. The van der Waals surface area contributed by atoms with Gasteiger partial charge in [-0.1, -0.05) is 35.0 Å². The summed E-state index contributed by atoms with van der Waals surface area (Å²) >= 11 is 6.17. The Kier molecular flexibility index (Phi) is 4.77. The Hall–Kier alpha value is -3.12. The molecule has 7 heteroatoms. The van der Waals surface area contributed by atoms with Gasteiger partial charge in [-0.05, 0) is 53.1 Å². The summed E-state index contributed by atoms with van der Waals surface area (Å²) in [7, 11) is 0. The Morgan fingerprint density at radius 2 is 1.58 bits per heavy atom. The van der Waals surface area contributed by atoms with Crippen LogP contribution in [0.5, 0.6) is 5.75 Å². The molecule has 0 unspecified atom stereocenters. The molecular weight excluding hydrogens is 362 g/mol. The van der Waals surface area contributed by atoms with Crippen molar-refractivity contribution < 1.29 is 19.1 Å². The molecule has 4 nitrogen and oxygen atoms in total. The van der Waals surface area contributed by atoms with E-state index in [0.29, 0.717) is 27.3 Å². The quantitative estimate of drug-likeness (QED) is 0.268. The van der Waals surface area contributed by atoms with Gasteiger partial charge in [0.2, 0.25) is 0 Å². The van der Waals surface area contributed by atoms with Gasteiger partial charge in [0.1, 0.15) is 5.75 Å². The maximum atomic E-state index is 13.8. The minimum Gasteiger partial charge on any atom is -0.508 e. The molecule has 0 heterocycles. The zero-order chi connectivity index (χ0) is 18.8. The third-order valence-corrected chi connectivity index (χ3v) is 4.09. The fourth-order valence-electron chi connectivity index (χ4n) is 2.69. The van der Waals surface area contributed by atoms with Crippen molar-refractivity contribution in [2.45, 2.75) is 0 Å². The highest BCUT2D eigenvalue weighted by Crippen LogP contribution is 2.38. The predicted octanol–water partition coefficient (Wildman–Crippen LogP) is 4.75. The molecule has 0 aliphatic carbocycles. The molecule has 0 fully saturated rings. The van der Waals surface area contributed by atoms with Crippen molar-refractivity contribution >= 4 is 17.4 Å². The van der Waals surface area contributed by atoms with E-state index in [9.17, 15) is 13.9 Å². The van der Waals surface area contributed by atoms with Crippen LogP contribution in [-0.2, 0) is 0 Å². The van der Waals surface area contributed by atoms with Crippen LogP contribution in [0.3, 0.4) is 0 Å². The average molecular weight is 375 g/mol. The molecule has 3 rings (SSSR count). The number of phenols is 1. The third-order valence-electron chi connectivity index (χ3n) is 3.87. The number of nitrogens with two attached hydrogens (primary N) is 1. The lowest BCUT2D eigenvalue weighted by atomic mass is 9.90. The normalized spacial score (nSPS) is 11.6. The molecule has 132 valence electrons. The van der Waals surface area contributed by atoms with E-state index in [4.69, 9.17) is 22.5 Å². The first-order chi connectivity index (χ1) is 12.4. The molecule has 0 radical (unpaired) electrons. The highest BCUT2D eigenvalue weighted by molar-refractivity contribution is 6.31. The third kappa shape index (κ3) is 3.32. The van der Waals surface area contributed by atoms with Crippen LogP contribution in [0.1, 0.15) is 5.56 Å². The van der Waals surface area contributed by atoms with Gasteiger partial charge < -0.3 is 16.0 Å². The first-order valence-electron chi connectivity index (χ1n) is 7.47. The lowest BCUT2D eigenvalue weighted by Crippen LogP contribution is -2.15. The first kappa shape index (κ1) is 17.7. The molecule has 0 atom stereocenters. The number of halogens is 3. The van der Waals surface area contributed by atoms with Crippen molar-refractivity contribution in [1.29, 1.82) is 0 Å². The average Bonchev–Trinajstić information content (AvgIpc) is 2.63. The van der Waals surface area contributed by atoms with Gasteiger partial charge >= 0.3 is 0 Å². The predicted molar refractivity (Wildman–Crippen MR) is 96.4 cm³/mol. The molecule has 0 saturated heterocycles. The van der Waals surface area contributed by atoms with E-state index in [1.807, 2.05) is 0 Å². The Morgan fingerprint density at radius 1 is 0.923 bits per heavy atom. The number of oxime groups is 1. The van der Waals surface area contributed by atoms with Crippen molar-refractivity contribution in [2.75, 3.05) is 0 Å². The molecule has 4 N–H and O–H groups in total. The van der Waals surface area contributed by atoms with Crippen LogP contribution in [0, 0.1) is 11.6 Å². The number of rotatable bonds is 3. The fourth-order valence-corrected chi connectivity index (χ4v) is 2.91. The molecule has 0 bridgehead atoms. The van der Waals surface area contributed by atoms with E-state index in [-0.39, 0.29) is 17.1 Å². The number of benzene rings is 3. The number of nitrogens with zero attached hydrogens (tertiary/aromatic N) is 1. The summed E-state index contributed by atoms with van der Waals surface area (Å²) in [5.74, 6) is -2.17. The van der Waals surface area contributed by atoms with Crippen molar-refractivity contribution in [3.8, 4) is 28.0 Å². The summed E-state index contributed by atoms with van der Waals surface area (Å²) in [6, 6.07) is 12.7. The summed E-state index contributed by atoms with van der Waals surface area (Å²) in [5.41, 5.74) is 7.96. The van der Waals surface area contributed by atoms with E-state index >= 15 is 0 Å². The molecule has 26 heavy (non-hydrogen) atoms. The molecule has 3 aromatic rings. The van der Waals surface area contributed by atoms with Gasteiger partial charge in [0.15, 0.2) is 17.5 Å². The number of amidine groups is 1. The molecule has 0 aromatic heterocycles. The van der Waals surface area contributed by atoms with E-state index in [1.165, 1.54) is 24.3 Å². The maximum absolute atomic E-state index is 13.8. The monoisotopic (exact) mass is 374 g/mol. The first-order valence-corrected chi connectivity index (χ1v) is 7.84. The topological polar surface area (TPSA) is 78.8 Å². The van der Waals surface area contributed by atoms with Crippen LogP contribution in [0.4, 0.5) is 8.78 Å². The highest BCUT2D eigenvalue weighted by atomic mass is 35.5. The molecule has 0 amide bonds. The zero-order valence-corrected chi connectivity index (χ0v) is 14.0. The maximum Gasteiger partial charge on any atom is 0.170 e. The van der Waals surface area contributed by atoms with Crippen molar-refractivity contribution in [3.63, 3.8) is 0 Å².